The number of likely N-dealkylation sites (N-methyl/N-ethyl adjacent to an activating group) is 1. The molecule has 4 atom stereocenters. The van der Waals surface area contributed by atoms with Crippen molar-refractivity contribution >= 4 is 51.9 Å². The van der Waals surface area contributed by atoms with Crippen LogP contribution in [-0.2, 0) is 15.2 Å². The number of halogens is 1. The molecule has 312 valence electrons. The summed E-state index contributed by atoms with van der Waals surface area (Å²) in [7, 11) is 3.34. The molecule has 2 aliphatic heterocycles. The van der Waals surface area contributed by atoms with Crippen LogP contribution < -0.4 is 22.1 Å². The van der Waals surface area contributed by atoms with Crippen molar-refractivity contribution in [3.63, 3.8) is 0 Å². The molecule has 2 fully saturated rings. The zero-order chi connectivity index (χ0) is 41.6. The number of nitrogens with one attached hydrogen (secondary N) is 2. The minimum absolute atomic E-state index is 0.0459. The number of hydrogen-bond acceptors (Lipinski definition) is 8. The van der Waals surface area contributed by atoms with Gasteiger partial charge in [-0.15, -0.1) is 0 Å². The zero-order valence-corrected chi connectivity index (χ0v) is 35.4. The Morgan fingerprint density at radius 3 is 2.31 bits per heavy atom. The molecule has 0 bridgehead atoms. The molecule has 2 saturated carbocycles. The molecule has 2 aliphatic carbocycles. The number of rotatable bonds is 10. The fraction of sp³-hybridized carbons (Fsp3) is 0.447. The first kappa shape index (κ1) is 42.0. The van der Waals surface area contributed by atoms with E-state index in [4.69, 9.17) is 32.9 Å². The Hall–Kier alpha value is -5.13. The Morgan fingerprint density at radius 2 is 1.58 bits per heavy atom. The molecule has 0 radical (unpaired) electrons. The first-order chi connectivity index (χ1) is 28.4. The second kappa shape index (κ2) is 18.4. The minimum Gasteiger partial charge on any atom is -0.369 e. The molecule has 0 saturated heterocycles. The molecule has 1 unspecified atom stereocenters. The van der Waals surface area contributed by atoms with Gasteiger partial charge in [0.2, 0.25) is 5.96 Å². The van der Waals surface area contributed by atoms with E-state index in [2.05, 4.69) is 40.7 Å². The summed E-state index contributed by atoms with van der Waals surface area (Å²) in [6.07, 6.45) is 12.9. The molecule has 0 spiro atoms. The van der Waals surface area contributed by atoms with Gasteiger partial charge in [0.25, 0.3) is 5.91 Å². The molecule has 6 N–H and O–H groups in total. The number of urea groups is 1. The second-order valence-corrected chi connectivity index (χ2v) is 17.5. The fourth-order valence-corrected chi connectivity index (χ4v) is 9.75. The van der Waals surface area contributed by atoms with Gasteiger partial charge in [0.15, 0.2) is 5.96 Å². The molecule has 4 aromatic carbocycles. The van der Waals surface area contributed by atoms with Crippen molar-refractivity contribution in [3.05, 3.63) is 102 Å². The van der Waals surface area contributed by atoms with Gasteiger partial charge in [0.1, 0.15) is 11.1 Å². The van der Waals surface area contributed by atoms with Crippen LogP contribution in [0.15, 0.2) is 101 Å². The molecule has 3 amide bonds. The summed E-state index contributed by atoms with van der Waals surface area (Å²) < 4.78 is 0. The second-order valence-electron chi connectivity index (χ2n) is 17.0. The van der Waals surface area contributed by atoms with Gasteiger partial charge in [-0.25, -0.2) is 19.8 Å². The smallest absolute Gasteiger partial charge is 0.319 e. The predicted molar refractivity (Wildman–Crippen MR) is 239 cm³/mol. The molecule has 4 aliphatic rings. The number of nitrogens with zero attached hydrogens (tertiary/aromatic N) is 4. The number of aliphatic imine (C=N–C) groups is 2. The van der Waals surface area contributed by atoms with E-state index < -0.39 is 11.1 Å². The number of anilines is 1. The van der Waals surface area contributed by atoms with E-state index in [1.165, 1.54) is 37.0 Å². The fourth-order valence-electron chi connectivity index (χ4n) is 9.56. The van der Waals surface area contributed by atoms with Crippen LogP contribution in [0, 0.1) is 11.8 Å². The monoisotopic (exact) mass is 818 g/mol. The number of guanidine groups is 2. The Bertz CT molecular complexity index is 2180. The van der Waals surface area contributed by atoms with Crippen LogP contribution in [0.3, 0.4) is 0 Å². The minimum atomic E-state index is -0.742. The van der Waals surface area contributed by atoms with Crippen LogP contribution in [-0.4, -0.2) is 66.1 Å². The average molecular weight is 819 g/mol. The van der Waals surface area contributed by atoms with Gasteiger partial charge in [-0.3, -0.25) is 14.5 Å². The third-order valence-electron chi connectivity index (χ3n) is 12.8. The van der Waals surface area contributed by atoms with Crippen molar-refractivity contribution in [2.45, 2.75) is 101 Å². The molecular formula is C47H59ClN8O3. The summed E-state index contributed by atoms with van der Waals surface area (Å²) in [6, 6.07) is 30.0. The van der Waals surface area contributed by atoms with Crippen molar-refractivity contribution in [2.24, 2.45) is 33.3 Å². The lowest BCUT2D eigenvalue weighted by Gasteiger charge is -2.35. The SMILES string of the molecule is CN1C(=O)[C@@](CCC2CCCCC2)(C[C@H]2CCC[C@@H](NC(=O)Nc3cccc4ccccc34)C2)N=C1N.CON1CC(C)(c2cccc(-c3cccc(Cl)c3)c2)N=C1N. The van der Waals surface area contributed by atoms with Gasteiger partial charge in [0.05, 0.1) is 19.3 Å². The highest BCUT2D eigenvalue weighted by Crippen LogP contribution is 2.41. The van der Waals surface area contributed by atoms with Gasteiger partial charge >= 0.3 is 6.03 Å². The van der Waals surface area contributed by atoms with Crippen molar-refractivity contribution in [1.29, 1.82) is 0 Å². The van der Waals surface area contributed by atoms with E-state index >= 15 is 0 Å². The van der Waals surface area contributed by atoms with E-state index in [0.717, 1.165) is 76.7 Å². The summed E-state index contributed by atoms with van der Waals surface area (Å²) in [6.45, 7) is 2.64. The van der Waals surface area contributed by atoms with Gasteiger partial charge in [0, 0.05) is 23.5 Å². The van der Waals surface area contributed by atoms with Gasteiger partial charge < -0.3 is 22.1 Å². The third-order valence-corrected chi connectivity index (χ3v) is 13.0. The quantitative estimate of drug-likeness (QED) is 0.125. The van der Waals surface area contributed by atoms with Crippen molar-refractivity contribution in [2.75, 3.05) is 26.0 Å². The number of carbonyl (C=O) groups is 2. The standard InChI is InChI=1S/C30H41N5O2.C17H18ClN3O/c1-35-27(36)30(34-28(35)31,18-17-21-9-3-2-4-10-21)20-22-11-7-14-24(19-22)32-29(37)33-26-16-8-13-23-12-5-6-15-25(23)26;1-17(11-21(22-2)16(19)20-17)14-7-3-5-12(9-14)13-6-4-8-15(18)10-13/h5-6,8,12-13,15-16,21-22,24H,2-4,7,9-11,14,17-20H2,1H3,(H2,31,34)(H2,32,33,37);3-10H,11H2,1-2H3,(H2,19,20)/t22-,24+,30+;/m0./s1. The number of benzene rings is 4. The highest BCUT2D eigenvalue weighted by atomic mass is 35.5. The van der Waals surface area contributed by atoms with Crippen molar-refractivity contribution < 1.29 is 14.4 Å². The normalized spacial score (nSPS) is 24.6. The highest BCUT2D eigenvalue weighted by molar-refractivity contribution is 6.30. The van der Waals surface area contributed by atoms with E-state index in [0.29, 0.717) is 36.7 Å². The van der Waals surface area contributed by atoms with E-state index in [-0.39, 0.29) is 18.0 Å². The Balaban J connectivity index is 0.000000204. The number of hydrogen-bond donors (Lipinski definition) is 4. The number of hydroxylamine groups is 2. The molecule has 11 nitrogen and oxygen atoms in total. The number of carbonyl (C=O) groups excluding carboxylic acids is 2. The number of nitrogens with two attached hydrogens (primary N) is 2. The first-order valence-electron chi connectivity index (χ1n) is 21.2. The van der Waals surface area contributed by atoms with Gasteiger partial charge in [-0.1, -0.05) is 123 Å². The lowest BCUT2D eigenvalue weighted by molar-refractivity contribution is -0.131. The molecule has 59 heavy (non-hydrogen) atoms. The maximum absolute atomic E-state index is 13.4. The van der Waals surface area contributed by atoms with Crippen molar-refractivity contribution in [3.8, 4) is 11.1 Å². The van der Waals surface area contributed by atoms with Crippen LogP contribution in [0.25, 0.3) is 21.9 Å². The lowest BCUT2D eigenvalue weighted by atomic mass is 9.74. The summed E-state index contributed by atoms with van der Waals surface area (Å²) in [5.74, 6) is 1.81. The predicted octanol–water partition coefficient (Wildman–Crippen LogP) is 9.21. The summed E-state index contributed by atoms with van der Waals surface area (Å²) in [5.41, 5.74) is 15.0. The van der Waals surface area contributed by atoms with E-state index in [9.17, 15) is 9.59 Å². The highest BCUT2D eigenvalue weighted by Gasteiger charge is 2.48. The summed E-state index contributed by atoms with van der Waals surface area (Å²) >= 11 is 6.08. The Kier molecular flexibility index (Phi) is 13.1. The molecular weight excluding hydrogens is 760 g/mol. The molecule has 2 heterocycles. The van der Waals surface area contributed by atoms with Crippen molar-refractivity contribution in [1.82, 2.24) is 15.3 Å². The van der Waals surface area contributed by atoms with Crippen LogP contribution in [0.5, 0.6) is 0 Å². The number of amides is 3. The Labute approximate surface area is 353 Å². The number of fused-ring (bicyclic) bond motifs is 1. The van der Waals surface area contributed by atoms with Crippen LogP contribution in [0.4, 0.5) is 10.5 Å². The van der Waals surface area contributed by atoms with E-state index in [1.807, 2.05) is 72.8 Å². The lowest BCUT2D eigenvalue weighted by Crippen LogP contribution is -2.45. The van der Waals surface area contributed by atoms with Gasteiger partial charge in [-0.2, -0.15) is 0 Å². The first-order valence-corrected chi connectivity index (χ1v) is 21.6. The van der Waals surface area contributed by atoms with Crippen LogP contribution >= 0.6 is 11.6 Å². The molecule has 8 rings (SSSR count). The zero-order valence-electron chi connectivity index (χ0n) is 34.6. The summed E-state index contributed by atoms with van der Waals surface area (Å²) in [4.78, 5) is 42.5. The maximum atomic E-state index is 13.4. The summed E-state index contributed by atoms with van der Waals surface area (Å²) in [5, 5.41) is 10.7. The van der Waals surface area contributed by atoms with Crippen LogP contribution in [0.1, 0.15) is 89.5 Å². The maximum Gasteiger partial charge on any atom is 0.319 e. The average Bonchev–Trinajstić information content (AvgIpc) is 3.67. The largest absolute Gasteiger partial charge is 0.369 e. The molecule has 0 aromatic heterocycles. The topological polar surface area (TPSA) is 151 Å². The molecule has 4 aromatic rings. The van der Waals surface area contributed by atoms with Gasteiger partial charge in [-0.05, 0) is 97.2 Å². The third kappa shape index (κ3) is 9.85. The van der Waals surface area contributed by atoms with E-state index in [1.54, 1.807) is 19.2 Å². The van der Waals surface area contributed by atoms with Crippen LogP contribution in [0.2, 0.25) is 5.02 Å². The Morgan fingerprint density at radius 1 is 0.864 bits per heavy atom. The molecule has 12 heteroatoms.